The largest absolute Gasteiger partial charge is 0.330 e. The smallest absolute Gasteiger partial charge is 0.126 e. The van der Waals surface area contributed by atoms with E-state index in [1.807, 2.05) is 18.2 Å². The highest BCUT2D eigenvalue weighted by molar-refractivity contribution is 6.31. The zero-order chi connectivity index (χ0) is 12.7. The van der Waals surface area contributed by atoms with Crippen molar-refractivity contribution in [3.63, 3.8) is 0 Å². The Labute approximate surface area is 112 Å². The van der Waals surface area contributed by atoms with Gasteiger partial charge in [-0.2, -0.15) is 0 Å². The molecule has 0 aliphatic carbocycles. The fraction of sp³-hybridized carbons (Fsp3) is 0.500. The molecule has 18 heavy (non-hydrogen) atoms. The van der Waals surface area contributed by atoms with Gasteiger partial charge in [-0.25, -0.2) is 4.98 Å². The predicted molar refractivity (Wildman–Crippen MR) is 74.9 cm³/mol. The number of piperidine rings is 1. The van der Waals surface area contributed by atoms with Gasteiger partial charge in [-0.3, -0.25) is 0 Å². The Morgan fingerprint density at radius 2 is 2.28 bits per heavy atom. The standard InChI is InChI=1S/C14H18ClN3/c1-9-5-6-16-12(7-9)14-17-11-4-3-10(15)8-13(11)18(14)2/h3-4,8-9,12,16H,5-7H2,1-2H3. The summed E-state index contributed by atoms with van der Waals surface area (Å²) in [4.78, 5) is 4.75. The van der Waals surface area contributed by atoms with Crippen molar-refractivity contribution in [2.75, 3.05) is 6.54 Å². The average molecular weight is 264 g/mol. The second kappa shape index (κ2) is 4.56. The van der Waals surface area contributed by atoms with Gasteiger partial charge >= 0.3 is 0 Å². The Bertz CT molecular complexity index is 576. The molecular formula is C14H18ClN3. The van der Waals surface area contributed by atoms with E-state index in [-0.39, 0.29) is 0 Å². The Balaban J connectivity index is 2.04. The van der Waals surface area contributed by atoms with Gasteiger partial charge in [0.1, 0.15) is 5.82 Å². The lowest BCUT2D eigenvalue weighted by atomic mass is 9.94. The van der Waals surface area contributed by atoms with E-state index in [0.29, 0.717) is 6.04 Å². The van der Waals surface area contributed by atoms with E-state index in [9.17, 15) is 0 Å². The number of halogens is 1. The minimum Gasteiger partial charge on any atom is -0.330 e. The van der Waals surface area contributed by atoms with Crippen LogP contribution >= 0.6 is 11.6 Å². The van der Waals surface area contributed by atoms with Crippen molar-refractivity contribution < 1.29 is 0 Å². The molecule has 1 N–H and O–H groups in total. The lowest BCUT2D eigenvalue weighted by Crippen LogP contribution is -2.32. The van der Waals surface area contributed by atoms with Crippen LogP contribution in [-0.2, 0) is 7.05 Å². The quantitative estimate of drug-likeness (QED) is 0.856. The van der Waals surface area contributed by atoms with E-state index >= 15 is 0 Å². The number of rotatable bonds is 1. The van der Waals surface area contributed by atoms with Gasteiger partial charge in [0.25, 0.3) is 0 Å². The first-order valence-corrected chi connectivity index (χ1v) is 6.88. The zero-order valence-corrected chi connectivity index (χ0v) is 11.5. The summed E-state index contributed by atoms with van der Waals surface area (Å²) in [6.45, 7) is 3.39. The first-order valence-electron chi connectivity index (χ1n) is 6.50. The first-order chi connectivity index (χ1) is 8.65. The lowest BCUT2D eigenvalue weighted by molar-refractivity contribution is 0.312. The number of aromatic nitrogens is 2. The van der Waals surface area contributed by atoms with E-state index < -0.39 is 0 Å². The number of nitrogens with one attached hydrogen (secondary N) is 1. The summed E-state index contributed by atoms with van der Waals surface area (Å²) in [5.41, 5.74) is 2.13. The molecule has 0 bridgehead atoms. The van der Waals surface area contributed by atoms with Gasteiger partial charge in [-0.05, 0) is 43.5 Å². The Hall–Kier alpha value is -1.06. The van der Waals surface area contributed by atoms with Gasteiger partial charge < -0.3 is 9.88 Å². The van der Waals surface area contributed by atoms with E-state index in [2.05, 4.69) is 23.9 Å². The van der Waals surface area contributed by atoms with Crippen LogP contribution in [0.1, 0.15) is 31.6 Å². The maximum absolute atomic E-state index is 6.05. The van der Waals surface area contributed by atoms with Crippen molar-refractivity contribution in [3.8, 4) is 0 Å². The van der Waals surface area contributed by atoms with Crippen LogP contribution in [0.2, 0.25) is 5.02 Å². The minimum atomic E-state index is 0.366. The summed E-state index contributed by atoms with van der Waals surface area (Å²) in [6.07, 6.45) is 2.41. The van der Waals surface area contributed by atoms with E-state index in [4.69, 9.17) is 16.6 Å². The number of imidazole rings is 1. The number of nitrogens with zero attached hydrogens (tertiary/aromatic N) is 2. The molecular weight excluding hydrogens is 246 g/mol. The van der Waals surface area contributed by atoms with E-state index in [0.717, 1.165) is 40.8 Å². The van der Waals surface area contributed by atoms with Crippen LogP contribution in [0.25, 0.3) is 11.0 Å². The summed E-state index contributed by atoms with van der Waals surface area (Å²) in [5, 5.41) is 4.33. The number of aryl methyl sites for hydroxylation is 1. The molecule has 2 unspecified atom stereocenters. The third-order valence-corrected chi connectivity index (χ3v) is 4.09. The van der Waals surface area contributed by atoms with E-state index in [1.54, 1.807) is 0 Å². The van der Waals surface area contributed by atoms with Crippen LogP contribution in [0.3, 0.4) is 0 Å². The normalized spacial score (nSPS) is 24.6. The molecule has 0 radical (unpaired) electrons. The third kappa shape index (κ3) is 2.02. The van der Waals surface area contributed by atoms with Crippen LogP contribution in [0.5, 0.6) is 0 Å². The highest BCUT2D eigenvalue weighted by Gasteiger charge is 2.24. The predicted octanol–water partition coefficient (Wildman–Crippen LogP) is 3.29. The van der Waals surface area contributed by atoms with Crippen molar-refractivity contribution in [3.05, 3.63) is 29.0 Å². The monoisotopic (exact) mass is 263 g/mol. The second-order valence-electron chi connectivity index (χ2n) is 5.30. The zero-order valence-electron chi connectivity index (χ0n) is 10.8. The molecule has 96 valence electrons. The molecule has 4 heteroatoms. The van der Waals surface area contributed by atoms with Crippen molar-refractivity contribution in [2.45, 2.75) is 25.8 Å². The number of hydrogen-bond acceptors (Lipinski definition) is 2. The van der Waals surface area contributed by atoms with Gasteiger partial charge in [0.2, 0.25) is 0 Å². The summed E-state index contributed by atoms with van der Waals surface area (Å²) < 4.78 is 2.16. The molecule has 1 aliphatic rings. The molecule has 1 aromatic carbocycles. The average Bonchev–Trinajstić information content (AvgIpc) is 2.67. The maximum Gasteiger partial charge on any atom is 0.126 e. The summed E-state index contributed by atoms with van der Waals surface area (Å²) in [7, 11) is 2.07. The first kappa shape index (κ1) is 12.0. The molecule has 0 amide bonds. The Kier molecular flexibility index (Phi) is 3.04. The van der Waals surface area contributed by atoms with Crippen molar-refractivity contribution in [2.24, 2.45) is 13.0 Å². The Morgan fingerprint density at radius 1 is 1.44 bits per heavy atom. The summed E-state index contributed by atoms with van der Waals surface area (Å²) in [5.74, 6) is 1.89. The summed E-state index contributed by atoms with van der Waals surface area (Å²) >= 11 is 6.05. The van der Waals surface area contributed by atoms with Crippen molar-refractivity contribution in [1.82, 2.24) is 14.9 Å². The van der Waals surface area contributed by atoms with Crippen LogP contribution in [0.15, 0.2) is 18.2 Å². The molecule has 0 saturated carbocycles. The van der Waals surface area contributed by atoms with Gasteiger partial charge in [0.05, 0.1) is 17.1 Å². The highest BCUT2D eigenvalue weighted by atomic mass is 35.5. The third-order valence-electron chi connectivity index (χ3n) is 3.86. The van der Waals surface area contributed by atoms with Crippen LogP contribution in [0, 0.1) is 5.92 Å². The molecule has 3 rings (SSSR count). The van der Waals surface area contributed by atoms with Crippen LogP contribution in [0.4, 0.5) is 0 Å². The molecule has 1 saturated heterocycles. The van der Waals surface area contributed by atoms with Gasteiger partial charge in [0.15, 0.2) is 0 Å². The molecule has 1 aromatic heterocycles. The Morgan fingerprint density at radius 3 is 3.06 bits per heavy atom. The fourth-order valence-corrected chi connectivity index (χ4v) is 2.96. The molecule has 0 spiro atoms. The fourth-order valence-electron chi connectivity index (χ4n) is 2.80. The van der Waals surface area contributed by atoms with Crippen LogP contribution in [-0.4, -0.2) is 16.1 Å². The molecule has 2 aromatic rings. The lowest BCUT2D eigenvalue weighted by Gasteiger charge is -2.27. The topological polar surface area (TPSA) is 29.9 Å². The maximum atomic E-state index is 6.05. The highest BCUT2D eigenvalue weighted by Crippen LogP contribution is 2.29. The number of hydrogen-bond donors (Lipinski definition) is 1. The van der Waals surface area contributed by atoms with Crippen molar-refractivity contribution in [1.29, 1.82) is 0 Å². The minimum absolute atomic E-state index is 0.366. The van der Waals surface area contributed by atoms with Gasteiger partial charge in [-0.1, -0.05) is 18.5 Å². The number of benzene rings is 1. The van der Waals surface area contributed by atoms with Gasteiger partial charge in [-0.15, -0.1) is 0 Å². The van der Waals surface area contributed by atoms with Crippen molar-refractivity contribution >= 4 is 22.6 Å². The van der Waals surface area contributed by atoms with Crippen LogP contribution < -0.4 is 5.32 Å². The van der Waals surface area contributed by atoms with E-state index in [1.165, 1.54) is 6.42 Å². The molecule has 2 heterocycles. The molecule has 1 aliphatic heterocycles. The molecule has 3 nitrogen and oxygen atoms in total. The SMILES string of the molecule is CC1CCNC(c2nc3ccc(Cl)cc3n2C)C1. The molecule has 2 atom stereocenters. The number of fused-ring (bicyclic) bond motifs is 1. The molecule has 1 fully saturated rings. The summed E-state index contributed by atoms with van der Waals surface area (Å²) in [6, 6.07) is 6.25. The second-order valence-corrected chi connectivity index (χ2v) is 5.73. The van der Waals surface area contributed by atoms with Gasteiger partial charge in [0, 0.05) is 12.1 Å².